The van der Waals surface area contributed by atoms with Crippen molar-refractivity contribution in [1.82, 2.24) is 4.57 Å². The third-order valence-corrected chi connectivity index (χ3v) is 7.62. The molecule has 0 bridgehead atoms. The molecule has 0 aliphatic carbocycles. The van der Waals surface area contributed by atoms with Crippen molar-refractivity contribution in [2.24, 2.45) is 4.99 Å². The van der Waals surface area contributed by atoms with Gasteiger partial charge in [0.25, 0.3) is 5.56 Å². The second-order valence-electron chi connectivity index (χ2n) is 8.44. The molecule has 1 unspecified atom stereocenters. The van der Waals surface area contributed by atoms with Gasteiger partial charge in [0.2, 0.25) is 0 Å². The molecule has 37 heavy (non-hydrogen) atoms. The zero-order valence-electron chi connectivity index (χ0n) is 21.1. The van der Waals surface area contributed by atoms with Crippen LogP contribution < -0.4 is 29.1 Å². The lowest BCUT2D eigenvalue weighted by Crippen LogP contribution is -2.39. The minimum absolute atomic E-state index is 0.0334. The normalized spacial score (nSPS) is 15.3. The van der Waals surface area contributed by atoms with Crippen molar-refractivity contribution in [1.29, 1.82) is 0 Å². The Morgan fingerprint density at radius 1 is 1.19 bits per heavy atom. The number of Topliss-reactive ketones (excluding diaryl/α,β-unsaturated/α-hetero) is 1. The number of carbonyl (C=O) groups excluding carboxylic acids is 1. The van der Waals surface area contributed by atoms with Crippen LogP contribution in [0.4, 0.5) is 0 Å². The van der Waals surface area contributed by atoms with Gasteiger partial charge in [-0.25, -0.2) is 4.99 Å². The van der Waals surface area contributed by atoms with Gasteiger partial charge in [0.05, 0.1) is 31.4 Å². The number of fused-ring (bicyclic) bond motifs is 1. The van der Waals surface area contributed by atoms with Gasteiger partial charge in [-0.3, -0.25) is 14.2 Å². The minimum atomic E-state index is -0.715. The second-order valence-corrected chi connectivity index (χ2v) is 10.3. The van der Waals surface area contributed by atoms with E-state index in [4.69, 9.17) is 14.2 Å². The summed E-state index contributed by atoms with van der Waals surface area (Å²) in [5, 5.41) is 10.1. The van der Waals surface area contributed by atoms with Gasteiger partial charge in [-0.2, -0.15) is 0 Å². The molecule has 3 aromatic rings. The van der Waals surface area contributed by atoms with Gasteiger partial charge in [-0.05, 0) is 61.7 Å². The number of benzene rings is 2. The lowest BCUT2D eigenvalue weighted by atomic mass is 9.93. The lowest BCUT2D eigenvalue weighted by molar-refractivity contribution is -0.114. The highest BCUT2D eigenvalue weighted by Crippen LogP contribution is 2.36. The molecule has 0 saturated carbocycles. The summed E-state index contributed by atoms with van der Waals surface area (Å²) in [6, 6.07) is 7.71. The maximum Gasteiger partial charge on any atom is 0.271 e. The van der Waals surface area contributed by atoms with Crippen molar-refractivity contribution < 1.29 is 24.1 Å². The number of hydrogen-bond donors (Lipinski definition) is 1. The molecule has 0 fully saturated rings. The zero-order chi connectivity index (χ0) is 26.9. The summed E-state index contributed by atoms with van der Waals surface area (Å²) in [6.45, 7) is 5.80. The first-order valence-electron chi connectivity index (χ1n) is 11.6. The summed E-state index contributed by atoms with van der Waals surface area (Å²) in [5.74, 6) is 1.19. The van der Waals surface area contributed by atoms with Crippen LogP contribution in [0.15, 0.2) is 55.9 Å². The van der Waals surface area contributed by atoms with Crippen molar-refractivity contribution in [3.8, 4) is 23.0 Å². The molecule has 0 amide bonds. The number of carbonyl (C=O) groups is 1. The van der Waals surface area contributed by atoms with Crippen molar-refractivity contribution >= 4 is 39.1 Å². The Morgan fingerprint density at radius 3 is 2.57 bits per heavy atom. The van der Waals surface area contributed by atoms with E-state index in [1.54, 1.807) is 32.2 Å². The molecule has 1 atom stereocenters. The number of hydrogen-bond acceptors (Lipinski definition) is 8. The first-order valence-corrected chi connectivity index (χ1v) is 13.2. The molecule has 0 spiro atoms. The van der Waals surface area contributed by atoms with Crippen LogP contribution in [0.25, 0.3) is 6.08 Å². The Morgan fingerprint density at radius 2 is 1.92 bits per heavy atom. The smallest absolute Gasteiger partial charge is 0.271 e. The van der Waals surface area contributed by atoms with Crippen molar-refractivity contribution in [2.75, 3.05) is 20.8 Å². The average Bonchev–Trinajstić information content (AvgIpc) is 3.17. The number of ketones is 1. The topological polar surface area (TPSA) is 99.3 Å². The first kappa shape index (κ1) is 26.7. The third-order valence-electron chi connectivity index (χ3n) is 5.95. The van der Waals surface area contributed by atoms with Crippen LogP contribution in [-0.2, 0) is 4.79 Å². The van der Waals surface area contributed by atoms with Gasteiger partial charge in [0, 0.05) is 15.7 Å². The average molecular weight is 587 g/mol. The number of aromatic hydroxyl groups is 1. The molecule has 1 aliphatic rings. The van der Waals surface area contributed by atoms with Crippen LogP contribution in [-0.4, -0.2) is 36.3 Å². The first-order chi connectivity index (χ1) is 17.7. The van der Waals surface area contributed by atoms with Crippen molar-refractivity contribution in [3.63, 3.8) is 0 Å². The van der Waals surface area contributed by atoms with E-state index in [1.165, 1.54) is 36.0 Å². The molecule has 1 aliphatic heterocycles. The van der Waals surface area contributed by atoms with E-state index in [-0.39, 0.29) is 22.8 Å². The van der Waals surface area contributed by atoms with Crippen LogP contribution in [0.1, 0.15) is 44.4 Å². The standard InChI is InChI=1S/C27H27BrN2O6S/c1-6-9-36-22-13-18(28)17(11-21(22)35-5)12-23-26(33)30-25(16-7-8-19(32)20(10-16)34-4)24(15(3)31)14(2)29-27(30)37-23/h7-8,10-13,25,32H,6,9H2,1-5H3/b23-12-. The second kappa shape index (κ2) is 10.9. The number of thiazole rings is 1. The summed E-state index contributed by atoms with van der Waals surface area (Å²) >= 11 is 4.82. The number of nitrogens with zero attached hydrogens (tertiary/aromatic N) is 2. The zero-order valence-corrected chi connectivity index (χ0v) is 23.5. The van der Waals surface area contributed by atoms with E-state index >= 15 is 0 Å². The molecule has 8 nitrogen and oxygen atoms in total. The summed E-state index contributed by atoms with van der Waals surface area (Å²) in [5.41, 5.74) is 2.02. The molecule has 0 saturated heterocycles. The number of aromatic nitrogens is 1. The number of phenolic OH excluding ortho intramolecular Hbond substituents is 1. The number of allylic oxidation sites excluding steroid dienone is 2. The highest BCUT2D eigenvalue weighted by atomic mass is 79.9. The van der Waals surface area contributed by atoms with Gasteiger partial charge >= 0.3 is 0 Å². The van der Waals surface area contributed by atoms with Crippen LogP contribution in [0.2, 0.25) is 0 Å². The quantitative estimate of drug-likeness (QED) is 0.426. The van der Waals surface area contributed by atoms with Gasteiger partial charge in [-0.15, -0.1) is 0 Å². The number of ether oxygens (including phenoxy) is 3. The predicted molar refractivity (Wildman–Crippen MR) is 146 cm³/mol. The summed E-state index contributed by atoms with van der Waals surface area (Å²) in [7, 11) is 3.01. The van der Waals surface area contributed by atoms with Crippen LogP contribution in [0.3, 0.4) is 0 Å². The van der Waals surface area contributed by atoms with Gasteiger partial charge in [0.15, 0.2) is 33.6 Å². The number of halogens is 1. The Kier molecular flexibility index (Phi) is 7.89. The Balaban J connectivity index is 1.92. The highest BCUT2D eigenvalue weighted by molar-refractivity contribution is 9.10. The van der Waals surface area contributed by atoms with E-state index in [2.05, 4.69) is 20.9 Å². The maximum absolute atomic E-state index is 13.8. The van der Waals surface area contributed by atoms with E-state index in [0.29, 0.717) is 44.3 Å². The van der Waals surface area contributed by atoms with Gasteiger partial charge in [0.1, 0.15) is 0 Å². The molecule has 10 heteroatoms. The monoisotopic (exact) mass is 586 g/mol. The fourth-order valence-electron chi connectivity index (χ4n) is 4.24. The number of phenols is 1. The van der Waals surface area contributed by atoms with E-state index < -0.39 is 6.04 Å². The van der Waals surface area contributed by atoms with E-state index in [0.717, 1.165) is 16.5 Å². The fourth-order valence-corrected chi connectivity index (χ4v) is 5.71. The van der Waals surface area contributed by atoms with E-state index in [9.17, 15) is 14.7 Å². The third kappa shape index (κ3) is 5.08. The Labute approximate surface area is 226 Å². The Hall–Kier alpha value is -3.37. The number of methoxy groups -OCH3 is 2. The van der Waals surface area contributed by atoms with Crippen LogP contribution >= 0.6 is 27.3 Å². The molecule has 1 N–H and O–H groups in total. The summed E-state index contributed by atoms with van der Waals surface area (Å²) in [6.07, 6.45) is 2.63. The van der Waals surface area contributed by atoms with Crippen molar-refractivity contribution in [2.45, 2.75) is 33.2 Å². The van der Waals surface area contributed by atoms with Crippen LogP contribution in [0.5, 0.6) is 23.0 Å². The molecule has 0 radical (unpaired) electrons. The molecule has 2 heterocycles. The summed E-state index contributed by atoms with van der Waals surface area (Å²) < 4.78 is 19.3. The van der Waals surface area contributed by atoms with E-state index in [1.807, 2.05) is 19.1 Å². The van der Waals surface area contributed by atoms with Crippen molar-refractivity contribution in [3.05, 3.63) is 76.9 Å². The fraction of sp³-hybridized carbons (Fsp3) is 0.296. The molecular weight excluding hydrogens is 560 g/mol. The molecule has 4 rings (SSSR count). The lowest BCUT2D eigenvalue weighted by Gasteiger charge is -2.24. The minimum Gasteiger partial charge on any atom is -0.504 e. The predicted octanol–water partition coefficient (Wildman–Crippen LogP) is 4.10. The van der Waals surface area contributed by atoms with Gasteiger partial charge < -0.3 is 19.3 Å². The maximum atomic E-state index is 13.8. The van der Waals surface area contributed by atoms with Crippen LogP contribution in [0, 0.1) is 0 Å². The van der Waals surface area contributed by atoms with Gasteiger partial charge in [-0.1, -0.05) is 40.3 Å². The molecular formula is C27H27BrN2O6S. The number of rotatable bonds is 8. The largest absolute Gasteiger partial charge is 0.504 e. The molecule has 2 aromatic carbocycles. The molecule has 1 aromatic heterocycles. The summed E-state index contributed by atoms with van der Waals surface area (Å²) in [4.78, 5) is 31.5. The Bertz CT molecular complexity index is 1590. The highest BCUT2D eigenvalue weighted by Gasteiger charge is 2.31. The molecule has 194 valence electrons. The SMILES string of the molecule is CCCOc1cc(Br)c(/C=c2\sc3n(c2=O)C(c2ccc(O)c(OC)c2)C(C(C)=O)=C(C)N=3)cc1OC.